The minimum Gasteiger partial charge on any atom is -0.383 e. The Labute approximate surface area is 158 Å². The number of pyridine rings is 1. The number of rotatable bonds is 6. The molecule has 0 saturated carbocycles. The summed E-state index contributed by atoms with van der Waals surface area (Å²) in [6.45, 7) is 2.76. The SMILES string of the molecule is Cc1ccc(C(=O)Nc2ccc(NCCc3cccc(Cl)c3)cn2)cc1. The highest BCUT2D eigenvalue weighted by Crippen LogP contribution is 2.13. The zero-order chi connectivity index (χ0) is 18.4. The molecule has 3 rings (SSSR count). The molecule has 2 aromatic carbocycles. The molecule has 0 atom stereocenters. The molecule has 0 radical (unpaired) electrons. The predicted molar refractivity (Wildman–Crippen MR) is 107 cm³/mol. The molecule has 4 nitrogen and oxygen atoms in total. The van der Waals surface area contributed by atoms with E-state index in [1.165, 1.54) is 5.56 Å². The lowest BCUT2D eigenvalue weighted by Crippen LogP contribution is -2.13. The van der Waals surface area contributed by atoms with Crippen LogP contribution in [0.2, 0.25) is 5.02 Å². The van der Waals surface area contributed by atoms with Crippen LogP contribution >= 0.6 is 11.6 Å². The topological polar surface area (TPSA) is 54.0 Å². The summed E-state index contributed by atoms with van der Waals surface area (Å²) in [6, 6.07) is 18.9. The molecule has 1 aromatic heterocycles. The lowest BCUT2D eigenvalue weighted by Gasteiger charge is -2.08. The van der Waals surface area contributed by atoms with Crippen LogP contribution in [0, 0.1) is 6.92 Å². The number of benzene rings is 2. The van der Waals surface area contributed by atoms with Gasteiger partial charge in [0.15, 0.2) is 0 Å². The molecule has 5 heteroatoms. The monoisotopic (exact) mass is 365 g/mol. The van der Waals surface area contributed by atoms with E-state index in [9.17, 15) is 4.79 Å². The van der Waals surface area contributed by atoms with Crippen molar-refractivity contribution in [2.75, 3.05) is 17.2 Å². The highest BCUT2D eigenvalue weighted by molar-refractivity contribution is 6.30. The van der Waals surface area contributed by atoms with Crippen LogP contribution in [0.1, 0.15) is 21.5 Å². The Balaban J connectivity index is 1.51. The van der Waals surface area contributed by atoms with Crippen LogP contribution in [0.15, 0.2) is 66.9 Å². The first-order valence-electron chi connectivity index (χ1n) is 8.42. The summed E-state index contributed by atoms with van der Waals surface area (Å²) in [5, 5.41) is 6.86. The first kappa shape index (κ1) is 18.0. The third-order valence-electron chi connectivity index (χ3n) is 3.95. The number of nitrogens with zero attached hydrogens (tertiary/aromatic N) is 1. The van der Waals surface area contributed by atoms with Gasteiger partial charge in [0.1, 0.15) is 5.82 Å². The number of carbonyl (C=O) groups is 1. The van der Waals surface area contributed by atoms with Crippen LogP contribution in [0.25, 0.3) is 0 Å². The van der Waals surface area contributed by atoms with Crippen molar-refractivity contribution >= 4 is 29.0 Å². The highest BCUT2D eigenvalue weighted by atomic mass is 35.5. The van der Waals surface area contributed by atoms with Crippen LogP contribution < -0.4 is 10.6 Å². The second-order valence-electron chi connectivity index (χ2n) is 6.06. The Kier molecular flexibility index (Phi) is 5.87. The number of halogens is 1. The van der Waals surface area contributed by atoms with Crippen molar-refractivity contribution in [2.24, 2.45) is 0 Å². The van der Waals surface area contributed by atoms with Crippen LogP contribution in [-0.4, -0.2) is 17.4 Å². The third-order valence-corrected chi connectivity index (χ3v) is 4.19. The standard InChI is InChI=1S/C21H20ClN3O/c1-15-5-7-17(8-6-15)21(26)25-20-10-9-19(14-24-20)23-12-11-16-3-2-4-18(22)13-16/h2-10,13-14,23H,11-12H2,1H3,(H,24,25,26). The van der Waals surface area contributed by atoms with E-state index in [2.05, 4.69) is 21.7 Å². The molecule has 0 aliphatic heterocycles. The average molecular weight is 366 g/mol. The van der Waals surface area contributed by atoms with Crippen LogP contribution in [-0.2, 0) is 6.42 Å². The molecule has 0 saturated heterocycles. The van der Waals surface area contributed by atoms with E-state index in [4.69, 9.17) is 11.6 Å². The van der Waals surface area contributed by atoms with E-state index in [1.807, 2.05) is 43.3 Å². The summed E-state index contributed by atoms with van der Waals surface area (Å²) in [5.41, 5.74) is 3.81. The van der Waals surface area contributed by atoms with Gasteiger partial charge in [-0.25, -0.2) is 4.98 Å². The number of hydrogen-bond acceptors (Lipinski definition) is 3. The maximum atomic E-state index is 12.2. The fraction of sp³-hybridized carbons (Fsp3) is 0.143. The molecule has 26 heavy (non-hydrogen) atoms. The summed E-state index contributed by atoms with van der Waals surface area (Å²) >= 11 is 5.99. The van der Waals surface area contributed by atoms with Crippen LogP contribution in [0.5, 0.6) is 0 Å². The Bertz CT molecular complexity index is 877. The van der Waals surface area contributed by atoms with Gasteiger partial charge in [-0.15, -0.1) is 0 Å². The van der Waals surface area contributed by atoms with E-state index < -0.39 is 0 Å². The molecule has 1 amide bonds. The lowest BCUT2D eigenvalue weighted by atomic mass is 10.1. The summed E-state index contributed by atoms with van der Waals surface area (Å²) in [6.07, 6.45) is 2.58. The van der Waals surface area contributed by atoms with Crippen LogP contribution in [0.4, 0.5) is 11.5 Å². The molecule has 1 heterocycles. The van der Waals surface area contributed by atoms with Crippen molar-refractivity contribution in [3.63, 3.8) is 0 Å². The molecular formula is C21H20ClN3O. The van der Waals surface area contributed by atoms with Crippen molar-refractivity contribution in [3.8, 4) is 0 Å². The van der Waals surface area contributed by atoms with Crippen molar-refractivity contribution in [1.82, 2.24) is 4.98 Å². The fourth-order valence-corrected chi connectivity index (χ4v) is 2.72. The normalized spacial score (nSPS) is 10.4. The number of aromatic nitrogens is 1. The molecule has 0 spiro atoms. The molecular weight excluding hydrogens is 346 g/mol. The van der Waals surface area contributed by atoms with E-state index in [-0.39, 0.29) is 5.91 Å². The first-order chi connectivity index (χ1) is 12.6. The summed E-state index contributed by atoms with van der Waals surface area (Å²) in [7, 11) is 0. The molecule has 0 fully saturated rings. The Morgan fingerprint density at radius 2 is 1.88 bits per heavy atom. The summed E-state index contributed by atoms with van der Waals surface area (Å²) < 4.78 is 0. The van der Waals surface area contributed by atoms with E-state index in [0.717, 1.165) is 29.2 Å². The van der Waals surface area contributed by atoms with Crippen molar-refractivity contribution in [2.45, 2.75) is 13.3 Å². The van der Waals surface area contributed by atoms with Gasteiger partial charge in [-0.2, -0.15) is 0 Å². The van der Waals surface area contributed by atoms with E-state index in [0.29, 0.717) is 11.4 Å². The van der Waals surface area contributed by atoms with Gasteiger partial charge in [0, 0.05) is 17.1 Å². The number of aryl methyl sites for hydroxylation is 1. The Hall–Kier alpha value is -2.85. The molecule has 132 valence electrons. The Morgan fingerprint density at radius 1 is 1.08 bits per heavy atom. The third kappa shape index (κ3) is 5.07. The molecule has 0 aliphatic carbocycles. The maximum Gasteiger partial charge on any atom is 0.256 e. The predicted octanol–water partition coefficient (Wildman–Crippen LogP) is 4.95. The number of nitrogens with one attached hydrogen (secondary N) is 2. The van der Waals surface area contributed by atoms with Gasteiger partial charge < -0.3 is 10.6 Å². The summed E-state index contributed by atoms with van der Waals surface area (Å²) in [5.74, 6) is 0.357. The van der Waals surface area contributed by atoms with Crippen molar-refractivity contribution < 1.29 is 4.79 Å². The largest absolute Gasteiger partial charge is 0.383 e. The maximum absolute atomic E-state index is 12.2. The van der Waals surface area contributed by atoms with Gasteiger partial charge in [-0.05, 0) is 55.3 Å². The number of carbonyl (C=O) groups excluding carboxylic acids is 1. The number of amides is 1. The lowest BCUT2D eigenvalue weighted by molar-refractivity contribution is 0.102. The second kappa shape index (κ2) is 8.50. The number of anilines is 2. The Morgan fingerprint density at radius 3 is 2.58 bits per heavy atom. The molecule has 3 aromatic rings. The molecule has 0 unspecified atom stereocenters. The van der Waals surface area contributed by atoms with Gasteiger partial charge in [0.05, 0.1) is 11.9 Å². The highest BCUT2D eigenvalue weighted by Gasteiger charge is 2.06. The van der Waals surface area contributed by atoms with Crippen LogP contribution in [0.3, 0.4) is 0 Å². The zero-order valence-corrected chi connectivity index (χ0v) is 15.3. The minimum absolute atomic E-state index is 0.167. The molecule has 0 bridgehead atoms. The zero-order valence-electron chi connectivity index (χ0n) is 14.5. The number of hydrogen-bond donors (Lipinski definition) is 2. The smallest absolute Gasteiger partial charge is 0.256 e. The van der Waals surface area contributed by atoms with Crippen molar-refractivity contribution in [3.05, 3.63) is 88.6 Å². The minimum atomic E-state index is -0.167. The molecule has 0 aliphatic rings. The quantitative estimate of drug-likeness (QED) is 0.649. The van der Waals surface area contributed by atoms with Gasteiger partial charge in [-0.3, -0.25) is 4.79 Å². The van der Waals surface area contributed by atoms with E-state index in [1.54, 1.807) is 24.4 Å². The first-order valence-corrected chi connectivity index (χ1v) is 8.80. The van der Waals surface area contributed by atoms with Gasteiger partial charge in [-0.1, -0.05) is 41.4 Å². The van der Waals surface area contributed by atoms with Gasteiger partial charge in [0.25, 0.3) is 5.91 Å². The van der Waals surface area contributed by atoms with Gasteiger partial charge >= 0.3 is 0 Å². The van der Waals surface area contributed by atoms with E-state index >= 15 is 0 Å². The average Bonchev–Trinajstić information content (AvgIpc) is 2.64. The van der Waals surface area contributed by atoms with Gasteiger partial charge in [0.2, 0.25) is 0 Å². The fourth-order valence-electron chi connectivity index (χ4n) is 2.51. The van der Waals surface area contributed by atoms with Crippen molar-refractivity contribution in [1.29, 1.82) is 0 Å². The summed E-state index contributed by atoms with van der Waals surface area (Å²) in [4.78, 5) is 16.5. The molecule has 2 N–H and O–H groups in total. The second-order valence-corrected chi connectivity index (χ2v) is 6.50.